The van der Waals surface area contributed by atoms with Crippen molar-refractivity contribution in [2.24, 2.45) is 0 Å². The van der Waals surface area contributed by atoms with Crippen LogP contribution in [0.4, 0.5) is 4.79 Å². The number of hydrogen-bond donors (Lipinski definition) is 2. The predicted octanol–water partition coefficient (Wildman–Crippen LogP) is 1.03. The molecule has 0 aromatic heterocycles. The van der Waals surface area contributed by atoms with Gasteiger partial charge in [0.1, 0.15) is 6.10 Å². The number of aliphatic hydroxyl groups excluding tert-OH is 1. The second-order valence-corrected chi connectivity index (χ2v) is 4.53. The van der Waals surface area contributed by atoms with Crippen molar-refractivity contribution >= 4 is 6.09 Å². The van der Waals surface area contributed by atoms with E-state index in [-0.39, 0.29) is 17.7 Å². The third kappa shape index (κ3) is 3.63. The molecule has 0 saturated heterocycles. The predicted molar refractivity (Wildman–Crippen MR) is 48.4 cm³/mol. The first-order chi connectivity index (χ1) is 5.87. The first-order valence-corrected chi connectivity index (χ1v) is 4.54. The molecule has 0 atom stereocenters. The zero-order valence-electron chi connectivity index (χ0n) is 8.33. The maximum absolute atomic E-state index is 11.2. The fourth-order valence-electron chi connectivity index (χ4n) is 1.12. The molecule has 2 N–H and O–H groups in total. The van der Waals surface area contributed by atoms with Crippen LogP contribution in [0.1, 0.15) is 33.6 Å². The molecule has 1 amide bonds. The van der Waals surface area contributed by atoms with Crippen LogP contribution in [0.25, 0.3) is 0 Å². The highest BCUT2D eigenvalue weighted by atomic mass is 16.6. The maximum atomic E-state index is 11.2. The van der Waals surface area contributed by atoms with Crippen molar-refractivity contribution in [2.75, 3.05) is 0 Å². The molecule has 0 radical (unpaired) electrons. The lowest BCUT2D eigenvalue weighted by Gasteiger charge is -2.31. The molecule has 4 nitrogen and oxygen atoms in total. The van der Waals surface area contributed by atoms with Crippen LogP contribution in [-0.4, -0.2) is 28.9 Å². The van der Waals surface area contributed by atoms with Crippen LogP contribution in [0.2, 0.25) is 0 Å². The van der Waals surface area contributed by atoms with Gasteiger partial charge in [0.2, 0.25) is 0 Å². The first kappa shape index (κ1) is 10.3. The Balaban J connectivity index is 2.19. The van der Waals surface area contributed by atoms with Gasteiger partial charge >= 0.3 is 6.09 Å². The van der Waals surface area contributed by atoms with Crippen molar-refractivity contribution in [1.29, 1.82) is 0 Å². The number of aliphatic hydroxyl groups is 1. The van der Waals surface area contributed by atoms with Gasteiger partial charge in [-0.3, -0.25) is 0 Å². The van der Waals surface area contributed by atoms with E-state index in [0.717, 1.165) is 0 Å². The van der Waals surface area contributed by atoms with Gasteiger partial charge in [-0.1, -0.05) is 0 Å². The van der Waals surface area contributed by atoms with Crippen molar-refractivity contribution in [3.63, 3.8) is 0 Å². The Morgan fingerprint density at radius 3 is 2.38 bits per heavy atom. The van der Waals surface area contributed by atoms with Crippen LogP contribution < -0.4 is 5.32 Å². The number of alkyl carbamates (subject to hydrolysis) is 1. The van der Waals surface area contributed by atoms with Crippen LogP contribution in [0.5, 0.6) is 0 Å². The minimum Gasteiger partial charge on any atom is -0.446 e. The second-order valence-electron chi connectivity index (χ2n) is 4.53. The van der Waals surface area contributed by atoms with E-state index in [2.05, 4.69) is 5.32 Å². The fraction of sp³-hybridized carbons (Fsp3) is 0.889. The van der Waals surface area contributed by atoms with Gasteiger partial charge < -0.3 is 15.2 Å². The zero-order chi connectivity index (χ0) is 10.1. The summed E-state index contributed by atoms with van der Waals surface area (Å²) < 4.78 is 5.02. The van der Waals surface area contributed by atoms with Crippen molar-refractivity contribution in [3.05, 3.63) is 0 Å². The summed E-state index contributed by atoms with van der Waals surface area (Å²) in [5.74, 6) is 0. The van der Waals surface area contributed by atoms with Gasteiger partial charge in [0, 0.05) is 18.4 Å². The summed E-state index contributed by atoms with van der Waals surface area (Å²) in [5, 5.41) is 11.6. The highest BCUT2D eigenvalue weighted by Crippen LogP contribution is 2.23. The summed E-state index contributed by atoms with van der Waals surface area (Å²) in [6.45, 7) is 5.68. The van der Waals surface area contributed by atoms with E-state index in [1.54, 1.807) is 0 Å². The number of amides is 1. The van der Waals surface area contributed by atoms with Crippen LogP contribution in [0.3, 0.4) is 0 Å². The monoisotopic (exact) mass is 187 g/mol. The molecule has 1 fully saturated rings. The van der Waals surface area contributed by atoms with Gasteiger partial charge in [0.05, 0.1) is 6.10 Å². The number of carbonyl (C=O) groups excluding carboxylic acids is 1. The lowest BCUT2D eigenvalue weighted by molar-refractivity contribution is -0.0362. The Morgan fingerprint density at radius 2 is 2.00 bits per heavy atom. The van der Waals surface area contributed by atoms with Crippen LogP contribution in [0.15, 0.2) is 0 Å². The Labute approximate surface area is 78.3 Å². The minimum absolute atomic E-state index is 0.0997. The lowest BCUT2D eigenvalue weighted by Crippen LogP contribution is -2.45. The zero-order valence-corrected chi connectivity index (χ0v) is 8.33. The first-order valence-electron chi connectivity index (χ1n) is 4.54. The molecule has 4 heteroatoms. The Bertz CT molecular complexity index is 192. The quantitative estimate of drug-likeness (QED) is 0.644. The molecule has 1 saturated carbocycles. The van der Waals surface area contributed by atoms with Gasteiger partial charge in [0.15, 0.2) is 0 Å². The SMILES string of the molecule is CC(C)(C)NC(=O)OC1CC(O)C1. The number of rotatable bonds is 1. The summed E-state index contributed by atoms with van der Waals surface area (Å²) in [5.41, 5.74) is -0.264. The summed E-state index contributed by atoms with van der Waals surface area (Å²) >= 11 is 0. The van der Waals surface area contributed by atoms with E-state index < -0.39 is 6.09 Å². The van der Waals surface area contributed by atoms with E-state index in [4.69, 9.17) is 9.84 Å². The van der Waals surface area contributed by atoms with Gasteiger partial charge in [0.25, 0.3) is 0 Å². The van der Waals surface area contributed by atoms with Gasteiger partial charge in [-0.2, -0.15) is 0 Å². The molecule has 0 aliphatic heterocycles. The van der Waals surface area contributed by atoms with Crippen LogP contribution in [0, 0.1) is 0 Å². The maximum Gasteiger partial charge on any atom is 0.407 e. The van der Waals surface area contributed by atoms with Crippen molar-refractivity contribution < 1.29 is 14.6 Å². The Morgan fingerprint density at radius 1 is 1.46 bits per heavy atom. The van der Waals surface area contributed by atoms with E-state index in [9.17, 15) is 4.79 Å². The average Bonchev–Trinajstić information content (AvgIpc) is 1.79. The highest BCUT2D eigenvalue weighted by molar-refractivity contribution is 5.68. The topological polar surface area (TPSA) is 58.6 Å². The molecular weight excluding hydrogens is 170 g/mol. The van der Waals surface area contributed by atoms with E-state index >= 15 is 0 Å². The van der Waals surface area contributed by atoms with Crippen LogP contribution in [-0.2, 0) is 4.74 Å². The largest absolute Gasteiger partial charge is 0.446 e. The number of ether oxygens (including phenoxy) is 1. The van der Waals surface area contributed by atoms with E-state index in [1.165, 1.54) is 0 Å². The van der Waals surface area contributed by atoms with Gasteiger partial charge in [-0.25, -0.2) is 4.79 Å². The molecule has 1 rings (SSSR count). The van der Waals surface area contributed by atoms with Crippen molar-refractivity contribution in [3.8, 4) is 0 Å². The smallest absolute Gasteiger partial charge is 0.407 e. The van der Waals surface area contributed by atoms with Crippen LogP contribution >= 0.6 is 0 Å². The molecule has 0 bridgehead atoms. The summed E-state index contributed by atoms with van der Waals surface area (Å²) in [4.78, 5) is 11.2. The molecule has 0 aromatic carbocycles. The van der Waals surface area contributed by atoms with E-state index in [1.807, 2.05) is 20.8 Å². The third-order valence-corrected chi connectivity index (χ3v) is 1.82. The molecule has 0 aromatic rings. The Kier molecular flexibility index (Phi) is 2.81. The lowest BCUT2D eigenvalue weighted by atomic mass is 9.92. The normalized spacial score (nSPS) is 27.7. The molecule has 0 heterocycles. The van der Waals surface area contributed by atoms with Crippen molar-refractivity contribution in [2.45, 2.75) is 51.4 Å². The second kappa shape index (κ2) is 3.54. The molecule has 1 aliphatic carbocycles. The molecule has 0 unspecified atom stereocenters. The average molecular weight is 187 g/mol. The molecule has 76 valence electrons. The number of nitrogens with one attached hydrogen (secondary N) is 1. The molecule has 0 spiro atoms. The third-order valence-electron chi connectivity index (χ3n) is 1.82. The summed E-state index contributed by atoms with van der Waals surface area (Å²) in [6, 6.07) is 0. The number of hydrogen-bond acceptors (Lipinski definition) is 3. The van der Waals surface area contributed by atoms with Gasteiger partial charge in [-0.15, -0.1) is 0 Å². The Hall–Kier alpha value is -0.770. The van der Waals surface area contributed by atoms with E-state index in [0.29, 0.717) is 12.8 Å². The molecule has 13 heavy (non-hydrogen) atoms. The fourth-order valence-corrected chi connectivity index (χ4v) is 1.12. The molecular formula is C9H17NO3. The summed E-state index contributed by atoms with van der Waals surface area (Å²) in [7, 11) is 0. The summed E-state index contributed by atoms with van der Waals surface area (Å²) in [6.07, 6.45) is 0.351. The minimum atomic E-state index is -0.399. The van der Waals surface area contributed by atoms with Gasteiger partial charge in [-0.05, 0) is 20.8 Å². The standard InChI is InChI=1S/C9H17NO3/c1-9(2,3)10-8(12)13-7-4-6(11)5-7/h6-7,11H,4-5H2,1-3H3,(H,10,12). The molecule has 1 aliphatic rings. The number of carbonyl (C=O) groups is 1. The van der Waals surface area contributed by atoms with Crippen molar-refractivity contribution in [1.82, 2.24) is 5.32 Å². The highest BCUT2D eigenvalue weighted by Gasteiger charge is 2.31.